The number of piperazine rings is 1. The van der Waals surface area contributed by atoms with Crippen LogP contribution in [0.5, 0.6) is 5.75 Å². The van der Waals surface area contributed by atoms with Crippen molar-refractivity contribution in [1.82, 2.24) is 19.4 Å². The molecule has 2 heterocycles. The maximum atomic E-state index is 13.4. The van der Waals surface area contributed by atoms with E-state index in [-0.39, 0.29) is 36.7 Å². The first kappa shape index (κ1) is 26.7. The Labute approximate surface area is 206 Å². The number of unbranched alkanes of at least 4 members (excludes halogenated alkanes) is 4. The van der Waals surface area contributed by atoms with Crippen LogP contribution in [0.25, 0.3) is 5.69 Å². The molecule has 1 saturated heterocycles. The second kappa shape index (κ2) is 13.2. The van der Waals surface area contributed by atoms with Gasteiger partial charge in [-0.15, -0.1) is 0 Å². The van der Waals surface area contributed by atoms with Crippen LogP contribution in [0, 0.1) is 0 Å². The van der Waals surface area contributed by atoms with Crippen molar-refractivity contribution >= 4 is 22.1 Å². The van der Waals surface area contributed by atoms with Crippen LogP contribution in [0.15, 0.2) is 41.3 Å². The summed E-state index contributed by atoms with van der Waals surface area (Å²) in [6.45, 7) is 4.04. The molecule has 192 valence electrons. The van der Waals surface area contributed by atoms with Gasteiger partial charge in [0.25, 0.3) is 0 Å². The van der Waals surface area contributed by atoms with E-state index >= 15 is 0 Å². The van der Waals surface area contributed by atoms with E-state index < -0.39 is 10.0 Å². The fourth-order valence-electron chi connectivity index (χ4n) is 4.01. The van der Waals surface area contributed by atoms with Gasteiger partial charge in [0.05, 0.1) is 24.2 Å². The summed E-state index contributed by atoms with van der Waals surface area (Å²) in [5.41, 5.74) is 0.893. The molecule has 0 radical (unpaired) electrons. The van der Waals surface area contributed by atoms with Crippen molar-refractivity contribution in [2.75, 3.05) is 50.0 Å². The number of benzene rings is 1. The Hall–Kier alpha value is -2.92. The Morgan fingerprint density at radius 1 is 1.06 bits per heavy atom. The second-order valence-electron chi connectivity index (χ2n) is 8.45. The maximum absolute atomic E-state index is 13.4. The summed E-state index contributed by atoms with van der Waals surface area (Å²) >= 11 is 0. The third kappa shape index (κ3) is 7.28. The highest BCUT2D eigenvalue weighted by molar-refractivity contribution is 7.89. The molecular formula is C24H35N5O5S. The Bertz CT molecular complexity index is 1100. The van der Waals surface area contributed by atoms with Gasteiger partial charge in [0.15, 0.2) is 0 Å². The minimum Gasteiger partial charge on any atom is -0.486 e. The fraction of sp³-hybridized carbons (Fsp3) is 0.542. The summed E-state index contributed by atoms with van der Waals surface area (Å²) in [6, 6.07) is 9.18. The van der Waals surface area contributed by atoms with E-state index in [0.717, 1.165) is 25.7 Å². The van der Waals surface area contributed by atoms with E-state index in [0.29, 0.717) is 37.5 Å². The van der Waals surface area contributed by atoms with Crippen LogP contribution in [0.2, 0.25) is 0 Å². The third-order valence-corrected chi connectivity index (χ3v) is 7.84. The van der Waals surface area contributed by atoms with Gasteiger partial charge in [-0.3, -0.25) is 9.59 Å². The molecule has 0 aliphatic carbocycles. The molecule has 2 aromatic rings. The number of sulfonamides is 1. The van der Waals surface area contributed by atoms with Crippen LogP contribution in [-0.4, -0.2) is 74.0 Å². The molecule has 0 saturated carbocycles. The van der Waals surface area contributed by atoms with Crippen LogP contribution in [0.3, 0.4) is 0 Å². The van der Waals surface area contributed by atoms with Gasteiger partial charge >= 0.3 is 5.56 Å². The lowest BCUT2D eigenvalue weighted by molar-refractivity contribution is -0.109. The van der Waals surface area contributed by atoms with Crippen LogP contribution in [0.1, 0.15) is 39.0 Å². The van der Waals surface area contributed by atoms with E-state index in [4.69, 9.17) is 4.74 Å². The number of carbonyl (C=O) groups excluding carboxylic acids is 1. The first-order chi connectivity index (χ1) is 17.0. The second-order valence-corrected chi connectivity index (χ2v) is 10.5. The molecule has 1 amide bonds. The number of rotatable bonds is 14. The number of aromatic nitrogens is 2. The molecule has 1 fully saturated rings. The summed E-state index contributed by atoms with van der Waals surface area (Å²) < 4.78 is 33.9. The molecule has 0 spiro atoms. The normalized spacial score (nSPS) is 14.6. The molecule has 35 heavy (non-hydrogen) atoms. The average molecular weight is 506 g/mol. The summed E-state index contributed by atoms with van der Waals surface area (Å²) in [5.74, 6) is 0.0955. The molecule has 1 aromatic carbocycles. The lowest BCUT2D eigenvalue weighted by atomic mass is 10.2. The Balaban J connectivity index is 1.76. The van der Waals surface area contributed by atoms with E-state index in [2.05, 4.69) is 17.3 Å². The first-order valence-corrected chi connectivity index (χ1v) is 13.8. The zero-order valence-electron chi connectivity index (χ0n) is 20.3. The standard InChI is InChI=1S/C24H35N5O5S/c1-2-3-4-5-9-17-34-23-22(19-26-29(24(23)31)21-10-7-6-8-11-21)27-13-15-28(16-14-27)35(32,33)18-12-25-20-30/h6-8,10-11,19-20H,2-5,9,12-18H2,1H3,(H,25,30). The zero-order chi connectivity index (χ0) is 25.1. The summed E-state index contributed by atoms with van der Waals surface area (Å²) in [5, 5.41) is 6.77. The van der Waals surface area contributed by atoms with Gasteiger partial charge in [-0.05, 0) is 18.6 Å². The highest BCUT2D eigenvalue weighted by atomic mass is 32.2. The molecular weight excluding hydrogens is 470 g/mol. The van der Waals surface area contributed by atoms with Crippen LogP contribution in [-0.2, 0) is 14.8 Å². The molecule has 1 aliphatic rings. The number of amides is 1. The lowest BCUT2D eigenvalue weighted by Gasteiger charge is -2.35. The molecule has 1 N–H and O–H groups in total. The molecule has 0 bridgehead atoms. The number of nitrogens with one attached hydrogen (secondary N) is 1. The van der Waals surface area contributed by atoms with Crippen LogP contribution < -0.4 is 20.5 Å². The Morgan fingerprint density at radius 2 is 1.77 bits per heavy atom. The topological polar surface area (TPSA) is 114 Å². The minimum absolute atomic E-state index is 0.0733. The maximum Gasteiger partial charge on any atom is 0.316 e. The van der Waals surface area contributed by atoms with E-state index in [1.165, 1.54) is 15.4 Å². The molecule has 1 aromatic heterocycles. The van der Waals surface area contributed by atoms with E-state index in [1.54, 1.807) is 6.20 Å². The molecule has 10 nitrogen and oxygen atoms in total. The van der Waals surface area contributed by atoms with Gasteiger partial charge in [0.1, 0.15) is 5.69 Å². The van der Waals surface area contributed by atoms with Gasteiger partial charge in [-0.2, -0.15) is 14.1 Å². The van der Waals surface area contributed by atoms with Crippen molar-refractivity contribution in [2.45, 2.75) is 39.0 Å². The van der Waals surface area contributed by atoms with Gasteiger partial charge < -0.3 is 15.0 Å². The number of nitrogens with zero attached hydrogens (tertiary/aromatic N) is 4. The van der Waals surface area contributed by atoms with Crippen molar-refractivity contribution in [2.24, 2.45) is 0 Å². The van der Waals surface area contributed by atoms with E-state index in [9.17, 15) is 18.0 Å². The quantitative estimate of drug-likeness (QED) is 0.307. The van der Waals surface area contributed by atoms with Gasteiger partial charge in [0, 0.05) is 32.7 Å². The minimum atomic E-state index is -3.48. The third-order valence-electron chi connectivity index (χ3n) is 5.97. The van der Waals surface area contributed by atoms with E-state index in [1.807, 2.05) is 35.2 Å². The van der Waals surface area contributed by atoms with Crippen molar-refractivity contribution < 1.29 is 17.9 Å². The van der Waals surface area contributed by atoms with Crippen LogP contribution >= 0.6 is 0 Å². The monoisotopic (exact) mass is 505 g/mol. The number of carbonyl (C=O) groups is 1. The molecule has 1 aliphatic heterocycles. The highest BCUT2D eigenvalue weighted by Crippen LogP contribution is 2.26. The van der Waals surface area contributed by atoms with Gasteiger partial charge in [-0.25, -0.2) is 8.42 Å². The van der Waals surface area contributed by atoms with Crippen molar-refractivity contribution in [1.29, 1.82) is 0 Å². The Kier molecular flexibility index (Phi) is 10.1. The van der Waals surface area contributed by atoms with Gasteiger partial charge in [-0.1, -0.05) is 50.8 Å². The predicted molar refractivity (Wildman–Crippen MR) is 136 cm³/mol. The summed E-state index contributed by atoms with van der Waals surface area (Å²) in [7, 11) is -3.48. The molecule has 11 heteroatoms. The lowest BCUT2D eigenvalue weighted by Crippen LogP contribution is -2.50. The van der Waals surface area contributed by atoms with Gasteiger partial charge in [0.2, 0.25) is 22.2 Å². The number of hydrogen-bond donors (Lipinski definition) is 1. The SMILES string of the molecule is CCCCCCCOc1c(N2CCN(S(=O)(=O)CCNC=O)CC2)cnn(-c2ccccc2)c1=O. The molecule has 0 atom stereocenters. The number of ether oxygens (including phenoxy) is 1. The predicted octanol–water partition coefficient (Wildman–Crippen LogP) is 1.78. The zero-order valence-corrected chi connectivity index (χ0v) is 21.1. The Morgan fingerprint density at radius 3 is 2.46 bits per heavy atom. The molecule has 0 unspecified atom stereocenters. The first-order valence-electron chi connectivity index (χ1n) is 12.2. The fourth-order valence-corrected chi connectivity index (χ4v) is 5.36. The highest BCUT2D eigenvalue weighted by Gasteiger charge is 2.29. The molecule has 3 rings (SSSR count). The summed E-state index contributed by atoms with van der Waals surface area (Å²) in [4.78, 5) is 25.7. The average Bonchev–Trinajstić information content (AvgIpc) is 2.87. The van der Waals surface area contributed by atoms with Crippen molar-refractivity contribution in [3.8, 4) is 11.4 Å². The van der Waals surface area contributed by atoms with Crippen LogP contribution in [0.4, 0.5) is 5.69 Å². The number of hydrogen-bond acceptors (Lipinski definition) is 7. The largest absolute Gasteiger partial charge is 0.486 e. The smallest absolute Gasteiger partial charge is 0.316 e. The number of anilines is 1. The summed E-state index contributed by atoms with van der Waals surface area (Å²) in [6.07, 6.45) is 7.48. The van der Waals surface area contributed by atoms with Crippen molar-refractivity contribution in [3.05, 3.63) is 46.9 Å². The number of para-hydroxylation sites is 1. The van der Waals surface area contributed by atoms with Crippen molar-refractivity contribution in [3.63, 3.8) is 0 Å².